The number of hydrogen-bond acceptors (Lipinski definition) is 8. The third kappa shape index (κ3) is 2.85. The van der Waals surface area contributed by atoms with Gasteiger partial charge in [0, 0.05) is 19.1 Å². The average Bonchev–Trinajstić information content (AvgIpc) is 3.26. The molecule has 1 atom stereocenters. The first-order valence-electron chi connectivity index (χ1n) is 7.81. The van der Waals surface area contributed by atoms with E-state index in [-0.39, 0.29) is 10.9 Å². The van der Waals surface area contributed by atoms with Crippen molar-refractivity contribution >= 4 is 21.5 Å². The van der Waals surface area contributed by atoms with E-state index in [2.05, 4.69) is 25.2 Å². The molecule has 1 aliphatic heterocycles. The van der Waals surface area contributed by atoms with Crippen LogP contribution in [-0.2, 0) is 10.0 Å². The number of fused-ring (bicyclic) bond motifs is 1. The highest BCUT2D eigenvalue weighted by molar-refractivity contribution is 7.89. The summed E-state index contributed by atoms with van der Waals surface area (Å²) in [6, 6.07) is 3.48. The molecule has 0 aromatic carbocycles. The number of anilines is 1. The number of aromatic nitrogens is 5. The second-order valence-electron chi connectivity index (χ2n) is 6.03. The second-order valence-corrected chi connectivity index (χ2v) is 7.68. The normalized spacial score (nSPS) is 18.3. The molecule has 132 valence electrons. The summed E-state index contributed by atoms with van der Waals surface area (Å²) in [5.41, 5.74) is 1.03. The maximum Gasteiger partial charge on any atom is 0.246 e. The molecular formula is C14H17N7O3S. The number of rotatable bonds is 4. The summed E-state index contributed by atoms with van der Waals surface area (Å²) in [6.07, 6.45) is 2.22. The largest absolute Gasteiger partial charge is 0.360 e. The van der Waals surface area contributed by atoms with Crippen LogP contribution in [0.15, 0.2) is 27.9 Å². The van der Waals surface area contributed by atoms with Gasteiger partial charge in [-0.25, -0.2) is 13.1 Å². The molecule has 1 fully saturated rings. The van der Waals surface area contributed by atoms with E-state index in [9.17, 15) is 8.42 Å². The molecule has 3 aromatic rings. The van der Waals surface area contributed by atoms with Crippen molar-refractivity contribution in [2.75, 3.05) is 18.0 Å². The van der Waals surface area contributed by atoms with E-state index in [1.165, 1.54) is 6.33 Å². The van der Waals surface area contributed by atoms with Gasteiger partial charge in [0.25, 0.3) is 0 Å². The highest BCUT2D eigenvalue weighted by Crippen LogP contribution is 2.22. The molecule has 0 amide bonds. The molecule has 3 aromatic heterocycles. The monoisotopic (exact) mass is 363 g/mol. The third-order valence-corrected chi connectivity index (χ3v) is 5.98. The predicted molar refractivity (Wildman–Crippen MR) is 87.7 cm³/mol. The van der Waals surface area contributed by atoms with Crippen LogP contribution >= 0.6 is 0 Å². The molecule has 4 rings (SSSR count). The summed E-state index contributed by atoms with van der Waals surface area (Å²) in [5, 5.41) is 15.9. The van der Waals surface area contributed by atoms with Gasteiger partial charge in [-0.1, -0.05) is 5.16 Å². The minimum atomic E-state index is -3.67. The first-order chi connectivity index (χ1) is 11.9. The molecule has 0 aliphatic carbocycles. The SMILES string of the molecule is Cc1noc(C)c1S(=O)(=O)NC1CCN(c2ccc3nncn3n2)C1. The molecule has 0 spiro atoms. The molecule has 1 unspecified atom stereocenters. The smallest absolute Gasteiger partial charge is 0.246 e. The molecule has 11 heteroatoms. The van der Waals surface area contributed by atoms with Crippen LogP contribution < -0.4 is 9.62 Å². The molecule has 0 saturated carbocycles. The van der Waals surface area contributed by atoms with Gasteiger partial charge in [0.1, 0.15) is 22.7 Å². The first kappa shape index (κ1) is 16.0. The van der Waals surface area contributed by atoms with Crippen LogP contribution in [-0.4, -0.2) is 52.5 Å². The first-order valence-corrected chi connectivity index (χ1v) is 9.29. The lowest BCUT2D eigenvalue weighted by Gasteiger charge is -2.17. The van der Waals surface area contributed by atoms with Gasteiger partial charge in [-0.3, -0.25) is 0 Å². The summed E-state index contributed by atoms with van der Waals surface area (Å²) in [6.45, 7) is 4.44. The maximum absolute atomic E-state index is 12.6. The van der Waals surface area contributed by atoms with Crippen molar-refractivity contribution < 1.29 is 12.9 Å². The highest BCUT2D eigenvalue weighted by Gasteiger charge is 2.31. The van der Waals surface area contributed by atoms with Crippen LogP contribution in [0.3, 0.4) is 0 Å². The molecule has 0 radical (unpaired) electrons. The summed E-state index contributed by atoms with van der Waals surface area (Å²) < 4.78 is 34.5. The Bertz CT molecular complexity index is 1010. The average molecular weight is 363 g/mol. The Morgan fingerprint density at radius 2 is 2.16 bits per heavy atom. The van der Waals surface area contributed by atoms with Gasteiger partial charge in [-0.15, -0.1) is 15.3 Å². The van der Waals surface area contributed by atoms with Gasteiger partial charge in [-0.05, 0) is 32.4 Å². The summed E-state index contributed by atoms with van der Waals surface area (Å²) in [5.74, 6) is 1.05. The Labute approximate surface area is 143 Å². The van der Waals surface area contributed by atoms with E-state index >= 15 is 0 Å². The summed E-state index contributed by atoms with van der Waals surface area (Å²) >= 11 is 0. The Morgan fingerprint density at radius 3 is 2.92 bits per heavy atom. The van der Waals surface area contributed by atoms with Crippen molar-refractivity contribution in [3.05, 3.63) is 29.9 Å². The molecule has 1 saturated heterocycles. The zero-order valence-electron chi connectivity index (χ0n) is 13.7. The van der Waals surface area contributed by atoms with Crippen molar-refractivity contribution in [3.8, 4) is 0 Å². The van der Waals surface area contributed by atoms with Crippen LogP contribution in [0, 0.1) is 13.8 Å². The van der Waals surface area contributed by atoms with Crippen molar-refractivity contribution in [2.24, 2.45) is 0 Å². The second kappa shape index (κ2) is 5.77. The minimum absolute atomic E-state index is 0.120. The van der Waals surface area contributed by atoms with Gasteiger partial charge >= 0.3 is 0 Å². The molecular weight excluding hydrogens is 346 g/mol. The van der Waals surface area contributed by atoms with Crippen LogP contribution in [0.5, 0.6) is 0 Å². The van der Waals surface area contributed by atoms with E-state index in [0.717, 1.165) is 5.82 Å². The Balaban J connectivity index is 1.50. The number of hydrogen-bond donors (Lipinski definition) is 1. The molecule has 1 aliphatic rings. The van der Waals surface area contributed by atoms with E-state index in [1.807, 2.05) is 17.0 Å². The number of nitrogens with one attached hydrogen (secondary N) is 1. The highest BCUT2D eigenvalue weighted by atomic mass is 32.2. The lowest BCUT2D eigenvalue weighted by molar-refractivity contribution is 0.390. The fraction of sp³-hybridized carbons (Fsp3) is 0.429. The van der Waals surface area contributed by atoms with E-state index < -0.39 is 10.0 Å². The summed E-state index contributed by atoms with van der Waals surface area (Å²) in [4.78, 5) is 2.15. The molecule has 10 nitrogen and oxygen atoms in total. The van der Waals surface area contributed by atoms with Crippen molar-refractivity contribution in [1.29, 1.82) is 0 Å². The topological polar surface area (TPSA) is 119 Å². The van der Waals surface area contributed by atoms with Gasteiger partial charge in [0.05, 0.1) is 0 Å². The predicted octanol–water partition coefficient (Wildman–Crippen LogP) is 0.286. The van der Waals surface area contributed by atoms with Crippen LogP contribution in [0.1, 0.15) is 17.9 Å². The molecule has 4 heterocycles. The molecule has 1 N–H and O–H groups in total. The van der Waals surface area contributed by atoms with Gasteiger partial charge in [0.2, 0.25) is 10.0 Å². The minimum Gasteiger partial charge on any atom is -0.360 e. The van der Waals surface area contributed by atoms with Crippen LogP contribution in [0.4, 0.5) is 5.82 Å². The fourth-order valence-electron chi connectivity index (χ4n) is 3.09. The Hall–Kier alpha value is -2.53. The van der Waals surface area contributed by atoms with Gasteiger partial charge in [0.15, 0.2) is 11.4 Å². The lowest BCUT2D eigenvalue weighted by Crippen LogP contribution is -2.37. The van der Waals surface area contributed by atoms with Crippen LogP contribution in [0.2, 0.25) is 0 Å². The number of nitrogens with zero attached hydrogens (tertiary/aromatic N) is 6. The lowest BCUT2D eigenvalue weighted by atomic mass is 10.3. The van der Waals surface area contributed by atoms with Crippen LogP contribution in [0.25, 0.3) is 5.65 Å². The summed E-state index contributed by atoms with van der Waals surface area (Å²) in [7, 11) is -3.67. The quantitative estimate of drug-likeness (QED) is 0.702. The van der Waals surface area contributed by atoms with Crippen molar-refractivity contribution in [2.45, 2.75) is 31.2 Å². The fourth-order valence-corrected chi connectivity index (χ4v) is 4.68. The van der Waals surface area contributed by atoms with E-state index in [4.69, 9.17) is 4.52 Å². The van der Waals surface area contributed by atoms with E-state index in [0.29, 0.717) is 36.6 Å². The van der Waals surface area contributed by atoms with Gasteiger partial charge < -0.3 is 9.42 Å². The Kier molecular flexibility index (Phi) is 3.69. The van der Waals surface area contributed by atoms with Crippen molar-refractivity contribution in [3.63, 3.8) is 0 Å². The standard InChI is InChI=1S/C14H17N7O3S/c1-9-14(10(2)24-18-9)25(22,23)19-11-5-6-20(7-11)13-4-3-12-16-15-8-21(12)17-13/h3-4,8,11,19H,5-7H2,1-2H3. The van der Waals surface area contributed by atoms with Gasteiger partial charge in [-0.2, -0.15) is 4.52 Å². The Morgan fingerprint density at radius 1 is 1.32 bits per heavy atom. The zero-order valence-corrected chi connectivity index (χ0v) is 14.6. The molecule has 25 heavy (non-hydrogen) atoms. The van der Waals surface area contributed by atoms with E-state index in [1.54, 1.807) is 18.4 Å². The third-order valence-electron chi connectivity index (χ3n) is 4.22. The number of sulfonamides is 1. The molecule has 0 bridgehead atoms. The maximum atomic E-state index is 12.6. The van der Waals surface area contributed by atoms with Crippen molar-refractivity contribution in [1.82, 2.24) is 29.7 Å². The number of aryl methyl sites for hydroxylation is 2. The zero-order chi connectivity index (χ0) is 17.6.